The van der Waals surface area contributed by atoms with Crippen molar-refractivity contribution in [1.82, 2.24) is 5.32 Å². The second kappa shape index (κ2) is 2.94. The number of fused-ring (bicyclic) bond motifs is 2. The monoisotopic (exact) mass is 186 g/mol. The molecule has 74 valence electrons. The van der Waals surface area contributed by atoms with Crippen molar-refractivity contribution in [2.75, 3.05) is 13.2 Å². The van der Waals surface area contributed by atoms with Crippen LogP contribution in [0.25, 0.3) is 0 Å². The van der Waals surface area contributed by atoms with Crippen LogP contribution >= 0.6 is 0 Å². The lowest BCUT2D eigenvalue weighted by Crippen LogP contribution is -2.65. The van der Waals surface area contributed by atoms with Gasteiger partial charge in [-0.15, -0.1) is 0 Å². The van der Waals surface area contributed by atoms with E-state index in [4.69, 9.17) is 15.6 Å². The maximum absolute atomic E-state index is 10.9. The van der Waals surface area contributed by atoms with Crippen LogP contribution in [0.2, 0.25) is 0 Å². The Balaban J connectivity index is 2.13. The van der Waals surface area contributed by atoms with Crippen molar-refractivity contribution in [3.8, 4) is 0 Å². The van der Waals surface area contributed by atoms with Crippen LogP contribution in [0.15, 0.2) is 0 Å². The largest absolute Gasteiger partial charge is 0.480 e. The van der Waals surface area contributed by atoms with E-state index in [0.29, 0.717) is 26.1 Å². The third kappa shape index (κ3) is 1.54. The SMILES string of the molecule is NC1(C(=O)O)CC2COCC(C1)N2. The summed E-state index contributed by atoms with van der Waals surface area (Å²) in [5.74, 6) is -0.897. The van der Waals surface area contributed by atoms with Gasteiger partial charge >= 0.3 is 5.97 Å². The van der Waals surface area contributed by atoms with Crippen LogP contribution in [-0.4, -0.2) is 41.9 Å². The first-order valence-electron chi connectivity index (χ1n) is 4.46. The third-order valence-electron chi connectivity index (χ3n) is 2.76. The van der Waals surface area contributed by atoms with Crippen LogP contribution in [-0.2, 0) is 9.53 Å². The van der Waals surface area contributed by atoms with Gasteiger partial charge in [-0.2, -0.15) is 0 Å². The van der Waals surface area contributed by atoms with E-state index in [1.165, 1.54) is 0 Å². The predicted molar refractivity (Wildman–Crippen MR) is 45.3 cm³/mol. The van der Waals surface area contributed by atoms with E-state index in [9.17, 15) is 4.79 Å². The van der Waals surface area contributed by atoms with Gasteiger partial charge < -0.3 is 20.9 Å². The molecule has 2 aliphatic rings. The van der Waals surface area contributed by atoms with Gasteiger partial charge in [-0.1, -0.05) is 0 Å². The number of morpholine rings is 1. The Hall–Kier alpha value is -0.650. The molecule has 2 atom stereocenters. The standard InChI is InChI=1S/C8H14N2O3/c9-8(7(11)12)1-5-3-13-4-6(2-8)10-5/h5-6,10H,1-4,9H2,(H,11,12). The first kappa shape index (κ1) is 8.93. The van der Waals surface area contributed by atoms with Gasteiger partial charge in [0.1, 0.15) is 5.54 Å². The van der Waals surface area contributed by atoms with Gasteiger partial charge in [-0.05, 0) is 12.8 Å². The highest BCUT2D eigenvalue weighted by Crippen LogP contribution is 2.25. The van der Waals surface area contributed by atoms with Gasteiger partial charge in [0.15, 0.2) is 0 Å². The van der Waals surface area contributed by atoms with E-state index in [1.54, 1.807) is 0 Å². The summed E-state index contributed by atoms with van der Waals surface area (Å²) in [5.41, 5.74) is 4.75. The molecule has 0 radical (unpaired) electrons. The van der Waals surface area contributed by atoms with Crippen molar-refractivity contribution in [2.24, 2.45) is 5.73 Å². The molecule has 2 rings (SSSR count). The minimum atomic E-state index is -1.05. The van der Waals surface area contributed by atoms with Crippen LogP contribution in [0.1, 0.15) is 12.8 Å². The summed E-state index contributed by atoms with van der Waals surface area (Å²) in [6.45, 7) is 1.14. The predicted octanol–water partition coefficient (Wildman–Crippen LogP) is -1.08. The van der Waals surface area contributed by atoms with Crippen LogP contribution in [0.4, 0.5) is 0 Å². The fourth-order valence-electron chi connectivity index (χ4n) is 2.16. The zero-order valence-corrected chi connectivity index (χ0v) is 7.32. The molecule has 2 heterocycles. The zero-order valence-electron chi connectivity index (χ0n) is 7.32. The Morgan fingerprint density at radius 1 is 1.46 bits per heavy atom. The fraction of sp³-hybridized carbons (Fsp3) is 0.875. The van der Waals surface area contributed by atoms with Crippen molar-refractivity contribution in [1.29, 1.82) is 0 Å². The molecular weight excluding hydrogens is 172 g/mol. The molecule has 2 fully saturated rings. The van der Waals surface area contributed by atoms with E-state index in [2.05, 4.69) is 5.32 Å². The van der Waals surface area contributed by atoms with E-state index in [1.807, 2.05) is 0 Å². The van der Waals surface area contributed by atoms with E-state index >= 15 is 0 Å². The van der Waals surface area contributed by atoms with Gasteiger partial charge in [-0.3, -0.25) is 4.79 Å². The van der Waals surface area contributed by atoms with Crippen molar-refractivity contribution >= 4 is 5.97 Å². The average molecular weight is 186 g/mol. The highest BCUT2D eigenvalue weighted by Gasteiger charge is 2.44. The molecule has 0 aromatic heterocycles. The quantitative estimate of drug-likeness (QED) is 0.485. The molecule has 0 aromatic carbocycles. The molecular formula is C8H14N2O3. The van der Waals surface area contributed by atoms with Crippen molar-refractivity contribution in [2.45, 2.75) is 30.5 Å². The number of carbonyl (C=O) groups is 1. The summed E-state index contributed by atoms with van der Waals surface area (Å²) in [5, 5.41) is 12.3. The lowest BCUT2D eigenvalue weighted by Gasteiger charge is -2.43. The topological polar surface area (TPSA) is 84.6 Å². The van der Waals surface area contributed by atoms with Gasteiger partial charge in [-0.25, -0.2) is 0 Å². The van der Waals surface area contributed by atoms with Crippen molar-refractivity contribution in [3.05, 3.63) is 0 Å². The van der Waals surface area contributed by atoms with Crippen molar-refractivity contribution in [3.63, 3.8) is 0 Å². The number of nitrogens with two attached hydrogens (primary N) is 1. The van der Waals surface area contributed by atoms with E-state index in [-0.39, 0.29) is 12.1 Å². The summed E-state index contributed by atoms with van der Waals surface area (Å²) in [6, 6.07) is 0.210. The van der Waals surface area contributed by atoms with E-state index < -0.39 is 11.5 Å². The molecule has 2 saturated heterocycles. The Morgan fingerprint density at radius 2 is 2.00 bits per heavy atom. The molecule has 0 amide bonds. The van der Waals surface area contributed by atoms with Crippen LogP contribution < -0.4 is 11.1 Å². The van der Waals surface area contributed by atoms with Gasteiger partial charge in [0.25, 0.3) is 0 Å². The lowest BCUT2D eigenvalue weighted by molar-refractivity contribution is -0.147. The molecule has 4 N–H and O–H groups in total. The fourth-order valence-corrected chi connectivity index (χ4v) is 2.16. The van der Waals surface area contributed by atoms with Gasteiger partial charge in [0, 0.05) is 12.1 Å². The summed E-state index contributed by atoms with van der Waals surface area (Å²) >= 11 is 0. The molecule has 2 aliphatic heterocycles. The number of aliphatic carboxylic acids is 1. The minimum absolute atomic E-state index is 0.105. The highest BCUT2D eigenvalue weighted by atomic mass is 16.5. The van der Waals surface area contributed by atoms with Gasteiger partial charge in [0.05, 0.1) is 13.2 Å². The Labute approximate surface area is 76.2 Å². The number of hydrogen-bond donors (Lipinski definition) is 3. The Bertz CT molecular complexity index is 219. The second-order valence-electron chi connectivity index (χ2n) is 3.97. The molecule has 2 unspecified atom stereocenters. The zero-order chi connectivity index (χ0) is 9.47. The number of rotatable bonds is 1. The van der Waals surface area contributed by atoms with Crippen LogP contribution in [0.5, 0.6) is 0 Å². The third-order valence-corrected chi connectivity index (χ3v) is 2.76. The Morgan fingerprint density at radius 3 is 2.46 bits per heavy atom. The number of piperidine rings is 1. The summed E-state index contributed by atoms with van der Waals surface area (Å²) in [7, 11) is 0. The number of carboxylic acids is 1. The molecule has 0 spiro atoms. The van der Waals surface area contributed by atoms with E-state index in [0.717, 1.165) is 0 Å². The molecule has 13 heavy (non-hydrogen) atoms. The summed E-state index contributed by atoms with van der Waals surface area (Å²) in [6.07, 6.45) is 0.914. The second-order valence-corrected chi connectivity index (χ2v) is 3.97. The summed E-state index contributed by atoms with van der Waals surface area (Å²) < 4.78 is 5.30. The lowest BCUT2D eigenvalue weighted by atomic mass is 9.81. The van der Waals surface area contributed by atoms with Crippen LogP contribution in [0.3, 0.4) is 0 Å². The molecule has 2 bridgehead atoms. The average Bonchev–Trinajstić information content (AvgIpc) is 2.02. The highest BCUT2D eigenvalue weighted by molar-refractivity contribution is 5.78. The first-order chi connectivity index (χ1) is 6.10. The van der Waals surface area contributed by atoms with Crippen molar-refractivity contribution < 1.29 is 14.6 Å². The maximum Gasteiger partial charge on any atom is 0.323 e. The summed E-state index contributed by atoms with van der Waals surface area (Å²) in [4.78, 5) is 10.9. The number of ether oxygens (including phenoxy) is 1. The smallest absolute Gasteiger partial charge is 0.323 e. The maximum atomic E-state index is 10.9. The first-order valence-corrected chi connectivity index (χ1v) is 4.46. The molecule has 0 aromatic rings. The Kier molecular flexibility index (Phi) is 2.02. The number of hydrogen-bond acceptors (Lipinski definition) is 4. The molecule has 0 saturated carbocycles. The minimum Gasteiger partial charge on any atom is -0.480 e. The number of carboxylic acid groups (broad SMARTS) is 1. The molecule has 0 aliphatic carbocycles. The molecule has 5 heteroatoms. The van der Waals surface area contributed by atoms with Crippen LogP contribution in [0, 0.1) is 0 Å². The normalized spacial score (nSPS) is 44.4. The number of nitrogens with one attached hydrogen (secondary N) is 1. The molecule has 5 nitrogen and oxygen atoms in total. The van der Waals surface area contributed by atoms with Gasteiger partial charge in [0.2, 0.25) is 0 Å².